The average molecular weight is 303 g/mol. The number of halogens is 2. The van der Waals surface area contributed by atoms with Crippen molar-refractivity contribution in [1.82, 2.24) is 4.98 Å². The molecule has 1 aromatic heterocycles. The molecule has 2 nitrogen and oxygen atoms in total. The molecule has 2 aromatic rings. The maximum atomic E-state index is 13.4. The Hall–Kier alpha value is -0.910. The van der Waals surface area contributed by atoms with E-state index < -0.39 is 0 Å². The molecule has 0 radical (unpaired) electrons. The van der Waals surface area contributed by atoms with E-state index in [1.165, 1.54) is 6.07 Å². The van der Waals surface area contributed by atoms with Gasteiger partial charge in [-0.2, -0.15) is 0 Å². The summed E-state index contributed by atoms with van der Waals surface area (Å²) in [4.78, 5) is 4.12. The van der Waals surface area contributed by atoms with Crippen LogP contribution in [0.3, 0.4) is 0 Å². The minimum atomic E-state index is -0.277. The topological polar surface area (TPSA) is 26.0 Å². The zero-order valence-electron chi connectivity index (χ0n) is 7.42. The van der Waals surface area contributed by atoms with Gasteiger partial charge in [0.2, 0.25) is 0 Å². The number of oxazole rings is 1. The van der Waals surface area contributed by atoms with E-state index in [2.05, 4.69) is 4.98 Å². The van der Waals surface area contributed by atoms with Gasteiger partial charge in [-0.15, -0.1) is 0 Å². The summed E-state index contributed by atoms with van der Waals surface area (Å²) < 4.78 is 19.1. The highest BCUT2D eigenvalue weighted by atomic mass is 127. The molecular formula is C10H7FINO. The predicted molar refractivity (Wildman–Crippen MR) is 59.4 cm³/mol. The van der Waals surface area contributed by atoms with E-state index >= 15 is 0 Å². The van der Waals surface area contributed by atoms with Crippen LogP contribution in [0.15, 0.2) is 28.7 Å². The molecule has 4 heteroatoms. The summed E-state index contributed by atoms with van der Waals surface area (Å²) in [6, 6.07) is 6.53. The van der Waals surface area contributed by atoms with E-state index in [1.54, 1.807) is 25.1 Å². The van der Waals surface area contributed by atoms with Crippen LogP contribution in [0.1, 0.15) is 5.76 Å². The number of hydrogen-bond donors (Lipinski definition) is 0. The van der Waals surface area contributed by atoms with Crippen LogP contribution in [0, 0.1) is 16.6 Å². The van der Waals surface area contributed by atoms with Crippen molar-refractivity contribution in [3.63, 3.8) is 0 Å². The van der Waals surface area contributed by atoms with E-state index in [9.17, 15) is 4.39 Å². The Morgan fingerprint density at radius 3 is 2.64 bits per heavy atom. The van der Waals surface area contributed by atoms with E-state index in [1.807, 2.05) is 22.6 Å². The van der Waals surface area contributed by atoms with Crippen LogP contribution in [-0.4, -0.2) is 4.98 Å². The van der Waals surface area contributed by atoms with Gasteiger partial charge in [0.1, 0.15) is 17.3 Å². The first-order chi connectivity index (χ1) is 6.68. The molecule has 1 heterocycles. The van der Waals surface area contributed by atoms with Crippen LogP contribution < -0.4 is 0 Å². The summed E-state index contributed by atoms with van der Waals surface area (Å²) in [5.41, 5.74) is 1.06. The van der Waals surface area contributed by atoms with E-state index in [4.69, 9.17) is 4.42 Å². The number of aryl methyl sites for hydroxylation is 1. The Balaban J connectivity index is 2.60. The summed E-state index contributed by atoms with van der Waals surface area (Å²) in [6.07, 6.45) is 0. The molecule has 0 aliphatic carbocycles. The molecule has 2 rings (SSSR count). The van der Waals surface area contributed by atoms with Crippen LogP contribution in [0.5, 0.6) is 0 Å². The molecule has 0 saturated carbocycles. The lowest BCUT2D eigenvalue weighted by Gasteiger charge is -1.98. The standard InChI is InChI=1S/C10H7FINO/c1-6-9(13-10(12)14-6)7-4-2-3-5-8(7)11/h2-5H,1H3. The van der Waals surface area contributed by atoms with Crippen molar-refractivity contribution in [2.75, 3.05) is 0 Å². The quantitative estimate of drug-likeness (QED) is 0.755. The third kappa shape index (κ3) is 1.66. The minimum absolute atomic E-state index is 0.277. The van der Waals surface area contributed by atoms with E-state index in [-0.39, 0.29) is 5.82 Å². The minimum Gasteiger partial charge on any atom is -0.437 e. The molecule has 72 valence electrons. The van der Waals surface area contributed by atoms with E-state index in [0.717, 1.165) is 0 Å². The Labute approximate surface area is 94.3 Å². The molecule has 14 heavy (non-hydrogen) atoms. The zero-order valence-corrected chi connectivity index (χ0v) is 9.58. The van der Waals surface area contributed by atoms with Crippen molar-refractivity contribution in [2.24, 2.45) is 0 Å². The number of nitrogens with zero attached hydrogens (tertiary/aromatic N) is 1. The first-order valence-electron chi connectivity index (χ1n) is 4.06. The first-order valence-corrected chi connectivity index (χ1v) is 5.14. The molecule has 0 amide bonds. The summed E-state index contributed by atoms with van der Waals surface area (Å²) in [5.74, 6) is 0.361. The van der Waals surface area contributed by atoms with Gasteiger partial charge in [0.25, 0.3) is 3.90 Å². The lowest BCUT2D eigenvalue weighted by Crippen LogP contribution is -1.85. The van der Waals surface area contributed by atoms with Crippen LogP contribution in [-0.2, 0) is 0 Å². The van der Waals surface area contributed by atoms with Crippen molar-refractivity contribution in [2.45, 2.75) is 6.92 Å². The molecule has 0 N–H and O–H groups in total. The van der Waals surface area contributed by atoms with Gasteiger partial charge in [-0.05, 0) is 19.1 Å². The molecule has 0 unspecified atom stereocenters. The third-order valence-corrected chi connectivity index (χ3v) is 2.36. The Kier molecular flexibility index (Phi) is 2.54. The van der Waals surface area contributed by atoms with Gasteiger partial charge < -0.3 is 4.42 Å². The lowest BCUT2D eigenvalue weighted by molar-refractivity contribution is 0.497. The molecule has 0 aliphatic rings. The van der Waals surface area contributed by atoms with Gasteiger partial charge in [-0.3, -0.25) is 0 Å². The van der Waals surface area contributed by atoms with E-state index in [0.29, 0.717) is 20.9 Å². The second kappa shape index (κ2) is 3.68. The highest BCUT2D eigenvalue weighted by molar-refractivity contribution is 14.1. The van der Waals surface area contributed by atoms with Crippen LogP contribution in [0.25, 0.3) is 11.3 Å². The third-order valence-electron chi connectivity index (χ3n) is 1.90. The fourth-order valence-corrected chi connectivity index (χ4v) is 1.84. The number of rotatable bonds is 1. The Bertz CT molecular complexity index is 467. The Morgan fingerprint density at radius 1 is 1.36 bits per heavy atom. The second-order valence-corrected chi connectivity index (χ2v) is 3.77. The average Bonchev–Trinajstić information content (AvgIpc) is 2.46. The largest absolute Gasteiger partial charge is 0.437 e. The normalized spacial score (nSPS) is 10.5. The van der Waals surface area contributed by atoms with Gasteiger partial charge in [0.15, 0.2) is 0 Å². The zero-order chi connectivity index (χ0) is 10.1. The molecular weight excluding hydrogens is 296 g/mol. The van der Waals surface area contributed by atoms with Gasteiger partial charge in [0, 0.05) is 28.2 Å². The summed E-state index contributed by atoms with van der Waals surface area (Å²) in [6.45, 7) is 1.77. The van der Waals surface area contributed by atoms with Gasteiger partial charge in [0.05, 0.1) is 0 Å². The molecule has 0 bridgehead atoms. The predicted octanol–water partition coefficient (Wildman–Crippen LogP) is 3.39. The monoisotopic (exact) mass is 303 g/mol. The van der Waals surface area contributed by atoms with Crippen molar-refractivity contribution >= 4 is 22.6 Å². The fourth-order valence-electron chi connectivity index (χ4n) is 1.27. The van der Waals surface area contributed by atoms with Crippen molar-refractivity contribution in [3.8, 4) is 11.3 Å². The first kappa shape index (κ1) is 9.64. The van der Waals surface area contributed by atoms with Crippen molar-refractivity contribution in [1.29, 1.82) is 0 Å². The molecule has 0 atom stereocenters. The molecule has 0 spiro atoms. The summed E-state index contributed by atoms with van der Waals surface area (Å²) in [7, 11) is 0. The molecule has 1 aromatic carbocycles. The lowest BCUT2D eigenvalue weighted by atomic mass is 10.1. The van der Waals surface area contributed by atoms with Gasteiger partial charge in [-0.1, -0.05) is 12.1 Å². The number of hydrogen-bond acceptors (Lipinski definition) is 2. The molecule has 0 fully saturated rings. The van der Waals surface area contributed by atoms with Gasteiger partial charge in [-0.25, -0.2) is 9.37 Å². The SMILES string of the molecule is Cc1oc(I)nc1-c1ccccc1F. The maximum absolute atomic E-state index is 13.4. The van der Waals surface area contributed by atoms with Crippen molar-refractivity contribution < 1.29 is 8.81 Å². The highest BCUT2D eigenvalue weighted by Crippen LogP contribution is 2.25. The highest BCUT2D eigenvalue weighted by Gasteiger charge is 2.12. The van der Waals surface area contributed by atoms with Crippen LogP contribution in [0.2, 0.25) is 0 Å². The smallest absolute Gasteiger partial charge is 0.257 e. The molecule has 0 aliphatic heterocycles. The summed E-state index contributed by atoms with van der Waals surface area (Å²) in [5, 5.41) is 0. The van der Waals surface area contributed by atoms with Gasteiger partial charge >= 0.3 is 0 Å². The van der Waals surface area contributed by atoms with Crippen LogP contribution >= 0.6 is 22.6 Å². The second-order valence-electron chi connectivity index (χ2n) is 2.85. The van der Waals surface area contributed by atoms with Crippen molar-refractivity contribution in [3.05, 3.63) is 39.7 Å². The maximum Gasteiger partial charge on any atom is 0.257 e. The molecule has 0 saturated heterocycles. The Morgan fingerprint density at radius 2 is 2.07 bits per heavy atom. The van der Waals surface area contributed by atoms with Crippen LogP contribution in [0.4, 0.5) is 4.39 Å². The summed E-state index contributed by atoms with van der Waals surface area (Å²) >= 11 is 1.96. The fraction of sp³-hybridized carbons (Fsp3) is 0.100. The number of aromatic nitrogens is 1. The number of benzene rings is 1.